The molecular formula is C82H100N6O11. The standard InChI is InChI=1S/C29H36N2O4.C24H28N2O2.C19H25NO3.C10H11NO2/c1-28(2,3)35-27(33)31(25-16-24(25)21-9-5-4-6-10-21)19-29(13-14-29)18-30-17-23-12-8-7-11-22(23)15-26(30)34-20-32;27-17-28-23-12-19-8-4-5-9-20(19)14-26(23)16-24(10-11-24)15-25-22-13-21(22)18-6-2-1-3-7-18;1-18(2,3)23-17(22)20(12-19(13-21)9-10-19)16-11-15(16)14-7-5-4-6-8-14;12-7-13-10-5-8-3-1-2-4-9(8)6-11-10/h4-12,20,24-26H,13-19H2,1-3H3;1-9,17,21-23,25H,10-16H2;4-8,13,15-16H,9-12H2,1-3H3;1-4,7,10-11H,5-6H2/t24-,25+,26+;21-,22+,23+;15-,16+;10-/m1110/s1. The summed E-state index contributed by atoms with van der Waals surface area (Å²) in [6, 6.07) is 57.5. The molecule has 17 nitrogen and oxygen atoms in total. The van der Waals surface area contributed by atoms with Gasteiger partial charge in [-0.1, -0.05) is 164 Å². The first-order valence-corrected chi connectivity index (χ1v) is 35.8. The molecule has 0 radical (unpaired) electrons. The molecule has 6 aliphatic carbocycles. The first kappa shape index (κ1) is 70.6. The van der Waals surface area contributed by atoms with Crippen LogP contribution in [-0.4, -0.2) is 138 Å². The van der Waals surface area contributed by atoms with Gasteiger partial charge in [0.05, 0.1) is 0 Å². The number of rotatable bonds is 23. The van der Waals surface area contributed by atoms with Gasteiger partial charge >= 0.3 is 12.2 Å². The minimum atomic E-state index is -0.539. The molecule has 0 aromatic heterocycles. The van der Waals surface area contributed by atoms with Crippen molar-refractivity contribution in [2.45, 2.75) is 204 Å². The van der Waals surface area contributed by atoms with Gasteiger partial charge in [0.15, 0.2) is 18.7 Å². The van der Waals surface area contributed by atoms with E-state index in [-0.39, 0.29) is 53.8 Å². The van der Waals surface area contributed by atoms with Gasteiger partial charge in [-0.15, -0.1) is 0 Å². The Labute approximate surface area is 584 Å². The van der Waals surface area contributed by atoms with E-state index in [1.165, 1.54) is 69.3 Å². The Bertz CT molecular complexity index is 3720. The van der Waals surface area contributed by atoms with Gasteiger partial charge in [0.25, 0.3) is 19.4 Å². The van der Waals surface area contributed by atoms with Gasteiger partial charge in [-0.25, -0.2) is 9.59 Å². The zero-order valence-electron chi connectivity index (χ0n) is 58.5. The van der Waals surface area contributed by atoms with Gasteiger partial charge < -0.3 is 43.6 Å². The Kier molecular flexibility index (Phi) is 21.9. The molecule has 15 rings (SSSR count). The SMILES string of the molecule is CC(C)(C)OC(=O)N(CC1(C=O)CC1)[C@H]1C[C@@H]1c1ccccc1.CC(C)(C)OC(=O)N(CC1(CN2Cc3ccccc3C[C@@H]2OC=O)CC1)[C@H]1C[C@@H]1c1ccccc1.O=CO[C@H]1Cc2ccccc2CN1.O=CO[C@H]1Cc2ccccc2CN1CC1(CN[C@H]2C[C@@H]2c2ccccc2)CC1. The molecule has 3 heterocycles. The zero-order chi connectivity index (χ0) is 69.4. The van der Waals surface area contributed by atoms with Crippen molar-refractivity contribution >= 4 is 37.9 Å². The Balaban J connectivity index is 0.000000131. The van der Waals surface area contributed by atoms with Gasteiger partial charge in [0.1, 0.15) is 17.5 Å². The maximum atomic E-state index is 13.4. The van der Waals surface area contributed by atoms with Crippen LogP contribution >= 0.6 is 0 Å². The Morgan fingerprint density at radius 1 is 0.485 bits per heavy atom. The summed E-state index contributed by atoms with van der Waals surface area (Å²) < 4.78 is 27.3. The highest BCUT2D eigenvalue weighted by Crippen LogP contribution is 2.54. The molecule has 0 saturated heterocycles. The maximum Gasteiger partial charge on any atom is 0.410 e. The number of nitrogens with zero attached hydrogens (tertiary/aromatic N) is 4. The second-order valence-corrected chi connectivity index (χ2v) is 31.3. The molecule has 2 N–H and O–H groups in total. The summed E-state index contributed by atoms with van der Waals surface area (Å²) in [6.45, 7) is 19.4. The predicted octanol–water partition coefficient (Wildman–Crippen LogP) is 13.2. The number of hydrogen-bond acceptors (Lipinski definition) is 15. The van der Waals surface area contributed by atoms with Gasteiger partial charge in [-0.05, 0) is 155 Å². The maximum absolute atomic E-state index is 13.4. The van der Waals surface area contributed by atoms with Gasteiger partial charge in [-0.2, -0.15) is 0 Å². The minimum absolute atomic E-state index is 0.00247. The summed E-state index contributed by atoms with van der Waals surface area (Å²) in [6.07, 6.45) is 11.7. The fraction of sp³-hybridized carbons (Fsp3) is 0.488. The van der Waals surface area contributed by atoms with Crippen molar-refractivity contribution in [2.24, 2.45) is 16.2 Å². The van der Waals surface area contributed by atoms with Crippen LogP contribution in [0.15, 0.2) is 164 Å². The van der Waals surface area contributed by atoms with Crippen LogP contribution in [0, 0.1) is 16.2 Å². The molecular weight excluding hydrogens is 1240 g/mol. The van der Waals surface area contributed by atoms with E-state index in [2.05, 4.69) is 142 Å². The van der Waals surface area contributed by atoms with Gasteiger partial charge in [-0.3, -0.25) is 29.5 Å². The molecule has 6 saturated carbocycles. The van der Waals surface area contributed by atoms with Crippen molar-refractivity contribution in [2.75, 3.05) is 32.7 Å². The van der Waals surface area contributed by atoms with Gasteiger partial charge in [0, 0.05) is 118 Å². The number of benzene rings is 6. The summed E-state index contributed by atoms with van der Waals surface area (Å²) in [4.78, 5) is 78.2. The molecule has 0 unspecified atom stereocenters. The molecule has 6 aromatic carbocycles. The minimum Gasteiger partial charge on any atom is -0.448 e. The van der Waals surface area contributed by atoms with E-state index in [9.17, 15) is 28.8 Å². The average molecular weight is 1350 g/mol. The van der Waals surface area contributed by atoms with Crippen molar-refractivity contribution in [3.63, 3.8) is 0 Å². The number of aldehydes is 1. The number of ether oxygens (including phenoxy) is 5. The molecule has 524 valence electrons. The number of carbonyl (C=O) groups is 6. The topological polar surface area (TPSA) is 186 Å². The molecule has 2 amide bonds. The Hall–Kier alpha value is -8.22. The second-order valence-electron chi connectivity index (χ2n) is 31.3. The van der Waals surface area contributed by atoms with Gasteiger partial charge in [0.2, 0.25) is 0 Å². The number of nitrogens with one attached hydrogen (secondary N) is 2. The molecule has 0 spiro atoms. The molecule has 3 aliphatic heterocycles. The van der Waals surface area contributed by atoms with E-state index in [4.69, 9.17) is 23.7 Å². The van der Waals surface area contributed by atoms with Crippen LogP contribution in [0.25, 0.3) is 0 Å². The van der Waals surface area contributed by atoms with E-state index in [1.807, 2.05) is 88.9 Å². The lowest BCUT2D eigenvalue weighted by atomic mass is 9.96. The third-order valence-electron chi connectivity index (χ3n) is 21.2. The molecule has 9 atom stereocenters. The summed E-state index contributed by atoms with van der Waals surface area (Å²) >= 11 is 0. The average Bonchev–Trinajstić information content (AvgIpc) is 1.61. The first-order valence-electron chi connectivity index (χ1n) is 35.8. The largest absolute Gasteiger partial charge is 0.448 e. The van der Waals surface area contributed by atoms with Crippen molar-refractivity contribution in [3.8, 4) is 0 Å². The summed E-state index contributed by atoms with van der Waals surface area (Å²) in [5.41, 5.74) is 10.7. The van der Waals surface area contributed by atoms with Crippen LogP contribution in [0.1, 0.15) is 167 Å². The number of amides is 2. The highest BCUT2D eigenvalue weighted by atomic mass is 16.6. The van der Waals surface area contributed by atoms with Crippen LogP contribution < -0.4 is 10.6 Å². The third kappa shape index (κ3) is 19.0. The first-order chi connectivity index (χ1) is 47.8. The van der Waals surface area contributed by atoms with Crippen LogP contribution in [0.2, 0.25) is 0 Å². The lowest BCUT2D eigenvalue weighted by Crippen LogP contribution is -2.48. The second kappa shape index (κ2) is 30.7. The summed E-state index contributed by atoms with van der Waals surface area (Å²) in [5, 5.41) is 6.95. The Morgan fingerprint density at radius 3 is 1.31 bits per heavy atom. The highest BCUT2D eigenvalue weighted by molar-refractivity contribution is 5.72. The van der Waals surface area contributed by atoms with Crippen LogP contribution in [0.4, 0.5) is 9.59 Å². The molecule has 6 aromatic rings. The normalized spacial score (nSPS) is 25.0. The van der Waals surface area contributed by atoms with E-state index in [1.54, 1.807) is 4.90 Å². The van der Waals surface area contributed by atoms with E-state index < -0.39 is 11.2 Å². The van der Waals surface area contributed by atoms with Crippen molar-refractivity contribution in [1.82, 2.24) is 30.2 Å². The molecule has 6 fully saturated rings. The van der Waals surface area contributed by atoms with Crippen LogP contribution in [-0.2, 0) is 81.8 Å². The molecule has 17 heteroatoms. The lowest BCUT2D eigenvalue weighted by Gasteiger charge is -2.39. The van der Waals surface area contributed by atoms with E-state index in [0.29, 0.717) is 68.1 Å². The fourth-order valence-electron chi connectivity index (χ4n) is 14.8. The Morgan fingerprint density at radius 2 is 0.889 bits per heavy atom. The third-order valence-corrected chi connectivity index (χ3v) is 21.2. The fourth-order valence-corrected chi connectivity index (χ4v) is 14.8. The number of carbonyl (C=O) groups excluding carboxylic acids is 6. The quantitative estimate of drug-likeness (QED) is 0.0455. The van der Waals surface area contributed by atoms with Crippen molar-refractivity contribution < 1.29 is 52.5 Å². The predicted molar refractivity (Wildman–Crippen MR) is 379 cm³/mol. The van der Waals surface area contributed by atoms with Crippen LogP contribution in [0.5, 0.6) is 0 Å². The monoisotopic (exact) mass is 1340 g/mol. The van der Waals surface area contributed by atoms with Crippen molar-refractivity contribution in [1.29, 1.82) is 0 Å². The molecule has 9 aliphatic rings. The lowest BCUT2D eigenvalue weighted by molar-refractivity contribution is -0.147. The van der Waals surface area contributed by atoms with E-state index in [0.717, 1.165) is 96.9 Å². The summed E-state index contributed by atoms with van der Waals surface area (Å²) in [5.74, 6) is 1.38. The van der Waals surface area contributed by atoms with Crippen LogP contribution in [0.3, 0.4) is 0 Å². The number of fused-ring (bicyclic) bond motifs is 3. The number of hydrogen-bond donors (Lipinski definition) is 2. The highest BCUT2D eigenvalue weighted by Gasteiger charge is 2.55. The molecule has 0 bridgehead atoms. The smallest absolute Gasteiger partial charge is 0.410 e. The zero-order valence-corrected chi connectivity index (χ0v) is 58.5. The van der Waals surface area contributed by atoms with Crippen molar-refractivity contribution in [3.05, 3.63) is 214 Å². The summed E-state index contributed by atoms with van der Waals surface area (Å²) in [7, 11) is 0. The molecule has 99 heavy (non-hydrogen) atoms. The van der Waals surface area contributed by atoms with E-state index >= 15 is 0 Å².